The number of rotatable bonds is 2. The first-order valence-electron chi connectivity index (χ1n) is 4.64. The molecular formula is C11H11BrN2O. The first-order chi connectivity index (χ1) is 7.16. The van der Waals surface area contributed by atoms with Gasteiger partial charge in [-0.1, -0.05) is 15.9 Å². The molecule has 3 nitrogen and oxygen atoms in total. The van der Waals surface area contributed by atoms with Gasteiger partial charge in [-0.25, -0.2) is 4.98 Å². The zero-order valence-corrected chi connectivity index (χ0v) is 9.86. The Bertz CT molecular complexity index is 448. The molecule has 78 valence electrons. The molecule has 0 saturated heterocycles. The van der Waals surface area contributed by atoms with Crippen molar-refractivity contribution in [1.29, 1.82) is 0 Å². The summed E-state index contributed by atoms with van der Waals surface area (Å²) in [5.74, 6) is 1.31. The van der Waals surface area contributed by atoms with Crippen molar-refractivity contribution in [1.82, 2.24) is 4.98 Å². The molecule has 2 N–H and O–H groups in total. The van der Waals surface area contributed by atoms with Gasteiger partial charge in [0.15, 0.2) is 0 Å². The van der Waals surface area contributed by atoms with Crippen molar-refractivity contribution in [3.05, 3.63) is 40.7 Å². The maximum atomic E-state index is 5.69. The Kier molecular flexibility index (Phi) is 2.88. The molecule has 0 aliphatic rings. The average molecular weight is 267 g/mol. The maximum Gasteiger partial charge on any atom is 0.226 e. The van der Waals surface area contributed by atoms with Gasteiger partial charge >= 0.3 is 0 Å². The molecule has 0 spiro atoms. The van der Waals surface area contributed by atoms with Crippen LogP contribution in [0, 0.1) is 0 Å². The Morgan fingerprint density at radius 1 is 1.33 bits per heavy atom. The number of benzene rings is 1. The predicted molar refractivity (Wildman–Crippen MR) is 62.2 cm³/mol. The number of aromatic nitrogens is 1. The van der Waals surface area contributed by atoms with E-state index in [9.17, 15) is 0 Å². The second kappa shape index (κ2) is 4.16. The number of nitrogens with zero attached hydrogens (tertiary/aromatic N) is 1. The number of nitrogens with two attached hydrogens (primary N) is 1. The summed E-state index contributed by atoms with van der Waals surface area (Å²) in [5.41, 5.74) is 6.64. The van der Waals surface area contributed by atoms with Crippen molar-refractivity contribution in [2.75, 3.05) is 0 Å². The number of oxazole rings is 1. The molecule has 0 aliphatic carbocycles. The lowest BCUT2D eigenvalue weighted by Crippen LogP contribution is -2.02. The fraction of sp³-hybridized carbons (Fsp3) is 0.182. The highest BCUT2D eigenvalue weighted by Gasteiger charge is 2.08. The van der Waals surface area contributed by atoms with Crippen LogP contribution in [0.2, 0.25) is 0 Å². The van der Waals surface area contributed by atoms with Crippen molar-refractivity contribution in [3.8, 4) is 11.5 Å². The van der Waals surface area contributed by atoms with Crippen LogP contribution in [0.4, 0.5) is 0 Å². The van der Waals surface area contributed by atoms with Gasteiger partial charge in [-0.05, 0) is 31.2 Å². The quantitative estimate of drug-likeness (QED) is 0.909. The Hall–Kier alpha value is -1.13. The normalized spacial score (nSPS) is 12.7. The van der Waals surface area contributed by atoms with Crippen LogP contribution in [0.3, 0.4) is 0 Å². The van der Waals surface area contributed by atoms with E-state index in [2.05, 4.69) is 20.9 Å². The molecule has 15 heavy (non-hydrogen) atoms. The van der Waals surface area contributed by atoms with Crippen LogP contribution in [-0.2, 0) is 0 Å². The van der Waals surface area contributed by atoms with Crippen molar-refractivity contribution in [2.24, 2.45) is 5.73 Å². The molecule has 0 radical (unpaired) electrons. The van der Waals surface area contributed by atoms with Crippen molar-refractivity contribution < 1.29 is 4.42 Å². The molecule has 0 fully saturated rings. The van der Waals surface area contributed by atoms with E-state index in [1.54, 1.807) is 6.20 Å². The van der Waals surface area contributed by atoms with E-state index in [0.29, 0.717) is 11.7 Å². The fourth-order valence-corrected chi connectivity index (χ4v) is 1.49. The van der Waals surface area contributed by atoms with E-state index in [0.717, 1.165) is 10.0 Å². The summed E-state index contributed by atoms with van der Waals surface area (Å²) in [6.45, 7) is 1.87. The van der Waals surface area contributed by atoms with Crippen LogP contribution >= 0.6 is 15.9 Å². The van der Waals surface area contributed by atoms with Gasteiger partial charge in [-0.15, -0.1) is 0 Å². The topological polar surface area (TPSA) is 52.0 Å². The van der Waals surface area contributed by atoms with Crippen molar-refractivity contribution >= 4 is 15.9 Å². The Balaban J connectivity index is 2.33. The highest BCUT2D eigenvalue weighted by Crippen LogP contribution is 2.23. The van der Waals surface area contributed by atoms with Gasteiger partial charge in [0.25, 0.3) is 0 Å². The second-order valence-corrected chi connectivity index (χ2v) is 4.28. The van der Waals surface area contributed by atoms with Gasteiger partial charge in [-0.2, -0.15) is 0 Å². The third-order valence-corrected chi connectivity index (χ3v) is 2.59. The van der Waals surface area contributed by atoms with E-state index in [1.165, 1.54) is 0 Å². The van der Waals surface area contributed by atoms with Crippen LogP contribution in [0.15, 0.2) is 39.4 Å². The molecule has 1 aromatic heterocycles. The molecule has 2 aromatic rings. The highest BCUT2D eigenvalue weighted by atomic mass is 79.9. The van der Waals surface area contributed by atoms with Gasteiger partial charge in [0, 0.05) is 10.0 Å². The molecule has 4 heteroatoms. The van der Waals surface area contributed by atoms with Crippen molar-refractivity contribution in [2.45, 2.75) is 13.0 Å². The molecule has 1 atom stereocenters. The fourth-order valence-electron chi connectivity index (χ4n) is 1.22. The van der Waals surface area contributed by atoms with E-state index in [4.69, 9.17) is 10.2 Å². The van der Waals surface area contributed by atoms with Gasteiger partial charge in [0.2, 0.25) is 5.89 Å². The zero-order chi connectivity index (χ0) is 10.8. The number of halogens is 1. The highest BCUT2D eigenvalue weighted by molar-refractivity contribution is 9.10. The molecule has 1 aromatic carbocycles. The average Bonchev–Trinajstić information content (AvgIpc) is 2.68. The van der Waals surface area contributed by atoms with Crippen LogP contribution in [0.1, 0.15) is 18.7 Å². The first-order valence-corrected chi connectivity index (χ1v) is 5.43. The molecule has 2 rings (SSSR count). The Morgan fingerprint density at radius 2 is 2.00 bits per heavy atom. The maximum absolute atomic E-state index is 5.69. The Labute approximate surface area is 96.4 Å². The number of hydrogen-bond acceptors (Lipinski definition) is 3. The van der Waals surface area contributed by atoms with E-state index < -0.39 is 0 Å². The first kappa shape index (κ1) is 10.4. The van der Waals surface area contributed by atoms with Crippen LogP contribution in [0.25, 0.3) is 11.5 Å². The van der Waals surface area contributed by atoms with Gasteiger partial charge in [0.05, 0.1) is 12.2 Å². The molecule has 0 aliphatic heterocycles. The third-order valence-electron chi connectivity index (χ3n) is 2.06. The molecule has 0 saturated carbocycles. The smallest absolute Gasteiger partial charge is 0.226 e. The minimum Gasteiger partial charge on any atom is -0.440 e. The molecular weight excluding hydrogens is 256 g/mol. The van der Waals surface area contributed by atoms with E-state index in [-0.39, 0.29) is 6.04 Å². The summed E-state index contributed by atoms with van der Waals surface area (Å²) >= 11 is 3.38. The lowest BCUT2D eigenvalue weighted by molar-refractivity contribution is 0.488. The summed E-state index contributed by atoms with van der Waals surface area (Å²) in [7, 11) is 0. The minimum absolute atomic E-state index is 0.123. The summed E-state index contributed by atoms with van der Waals surface area (Å²) in [5, 5.41) is 0. The SMILES string of the molecule is CC(N)c1cnc(-c2ccc(Br)cc2)o1. The second-order valence-electron chi connectivity index (χ2n) is 3.36. The van der Waals surface area contributed by atoms with E-state index >= 15 is 0 Å². The summed E-state index contributed by atoms with van der Waals surface area (Å²) in [4.78, 5) is 4.18. The van der Waals surface area contributed by atoms with Gasteiger partial charge in [0.1, 0.15) is 5.76 Å². The van der Waals surface area contributed by atoms with Gasteiger partial charge < -0.3 is 10.2 Å². The number of hydrogen-bond donors (Lipinski definition) is 1. The summed E-state index contributed by atoms with van der Waals surface area (Å²) < 4.78 is 6.55. The molecule has 0 amide bonds. The standard InChI is InChI=1S/C11H11BrN2O/c1-7(13)10-6-14-11(15-10)8-2-4-9(12)5-3-8/h2-7H,13H2,1H3. The van der Waals surface area contributed by atoms with Gasteiger partial charge in [-0.3, -0.25) is 0 Å². The minimum atomic E-state index is -0.123. The summed E-state index contributed by atoms with van der Waals surface area (Å²) in [6.07, 6.45) is 1.67. The van der Waals surface area contributed by atoms with Crippen LogP contribution in [0.5, 0.6) is 0 Å². The zero-order valence-electron chi connectivity index (χ0n) is 8.27. The molecule has 1 unspecified atom stereocenters. The predicted octanol–water partition coefficient (Wildman–Crippen LogP) is 3.12. The third kappa shape index (κ3) is 2.27. The van der Waals surface area contributed by atoms with Crippen molar-refractivity contribution in [3.63, 3.8) is 0 Å². The van der Waals surface area contributed by atoms with Crippen LogP contribution < -0.4 is 5.73 Å². The molecule has 0 bridgehead atoms. The molecule has 1 heterocycles. The monoisotopic (exact) mass is 266 g/mol. The Morgan fingerprint density at radius 3 is 2.53 bits per heavy atom. The largest absolute Gasteiger partial charge is 0.440 e. The lowest BCUT2D eigenvalue weighted by atomic mass is 10.2. The van der Waals surface area contributed by atoms with Crippen LogP contribution in [-0.4, -0.2) is 4.98 Å². The van der Waals surface area contributed by atoms with E-state index in [1.807, 2.05) is 31.2 Å². The summed E-state index contributed by atoms with van der Waals surface area (Å²) in [6, 6.07) is 7.67. The lowest BCUT2D eigenvalue weighted by Gasteiger charge is -1.98.